The first-order valence-electron chi connectivity index (χ1n) is 10.0. The van der Waals surface area contributed by atoms with Gasteiger partial charge in [-0.25, -0.2) is 4.98 Å². The maximum Gasteiger partial charge on any atom is 0.228 e. The number of aromatic nitrogens is 1. The van der Waals surface area contributed by atoms with E-state index in [2.05, 4.69) is 39.5 Å². The number of rotatable bonds is 7. The van der Waals surface area contributed by atoms with Crippen molar-refractivity contribution in [1.29, 1.82) is 0 Å². The first-order chi connectivity index (χ1) is 13.7. The second-order valence-corrected chi connectivity index (χ2v) is 8.26. The van der Waals surface area contributed by atoms with Crippen LogP contribution in [0.1, 0.15) is 43.0 Å². The van der Waals surface area contributed by atoms with Crippen LogP contribution in [-0.4, -0.2) is 47.9 Å². The van der Waals surface area contributed by atoms with Crippen LogP contribution < -0.4 is 10.2 Å². The molecule has 28 heavy (non-hydrogen) atoms. The third kappa shape index (κ3) is 4.42. The Morgan fingerprint density at radius 2 is 1.93 bits per heavy atom. The molecule has 2 aliphatic heterocycles. The summed E-state index contributed by atoms with van der Waals surface area (Å²) in [5, 5.41) is 5.69. The van der Waals surface area contributed by atoms with E-state index in [-0.39, 0.29) is 24.3 Å². The van der Waals surface area contributed by atoms with Crippen LogP contribution in [0, 0.1) is 0 Å². The van der Waals surface area contributed by atoms with Crippen molar-refractivity contribution in [1.82, 2.24) is 15.2 Å². The number of likely N-dealkylation sites (tertiary alicyclic amines) is 1. The van der Waals surface area contributed by atoms with E-state index in [1.165, 1.54) is 29.7 Å². The average Bonchev–Trinajstić information content (AvgIpc) is 3.45. The highest BCUT2D eigenvalue weighted by molar-refractivity contribution is 7.14. The normalized spacial score (nSPS) is 18.6. The number of thiazole rings is 1. The number of hydrogen-bond acceptors (Lipinski definition) is 5. The lowest BCUT2D eigenvalue weighted by Gasteiger charge is -2.28. The zero-order valence-corrected chi connectivity index (χ0v) is 16.8. The standard InChI is InChI=1S/C21H26N4O2S/c26-19(13-17-15-28-21(23-17)25-12-6-9-20(25)27)22-14-18(24-10-4-5-11-24)16-7-2-1-3-8-16/h1-3,7-8,15,18H,4-6,9-14H2,(H,22,26). The summed E-state index contributed by atoms with van der Waals surface area (Å²) in [6.45, 7) is 3.49. The maximum absolute atomic E-state index is 12.5. The van der Waals surface area contributed by atoms with Crippen molar-refractivity contribution in [3.8, 4) is 0 Å². The summed E-state index contributed by atoms with van der Waals surface area (Å²) in [7, 11) is 0. The summed E-state index contributed by atoms with van der Waals surface area (Å²) in [5.74, 6) is 0.103. The van der Waals surface area contributed by atoms with E-state index in [0.717, 1.165) is 31.7 Å². The fourth-order valence-corrected chi connectivity index (χ4v) is 4.84. The van der Waals surface area contributed by atoms with Crippen LogP contribution in [0.5, 0.6) is 0 Å². The molecule has 1 unspecified atom stereocenters. The molecule has 0 aliphatic carbocycles. The van der Waals surface area contributed by atoms with E-state index in [1.54, 1.807) is 4.90 Å². The molecule has 6 nitrogen and oxygen atoms in total. The third-order valence-electron chi connectivity index (χ3n) is 5.44. The SMILES string of the molecule is O=C(Cc1csc(N2CCCC2=O)n1)NCC(c1ccccc1)N1CCCC1. The highest BCUT2D eigenvalue weighted by atomic mass is 32.1. The van der Waals surface area contributed by atoms with Gasteiger partial charge in [0.1, 0.15) is 0 Å². The molecular weight excluding hydrogens is 372 g/mol. The minimum absolute atomic E-state index is 0.0234. The van der Waals surface area contributed by atoms with Gasteiger partial charge in [0, 0.05) is 24.9 Å². The molecule has 0 bridgehead atoms. The Labute approximate surface area is 169 Å². The van der Waals surface area contributed by atoms with Gasteiger partial charge >= 0.3 is 0 Å². The van der Waals surface area contributed by atoms with Crippen LogP contribution in [-0.2, 0) is 16.0 Å². The predicted octanol–water partition coefficient (Wildman–Crippen LogP) is 2.77. The number of hydrogen-bond donors (Lipinski definition) is 1. The molecule has 1 N–H and O–H groups in total. The number of carbonyl (C=O) groups is 2. The molecule has 2 saturated heterocycles. The number of nitrogens with one attached hydrogen (secondary N) is 1. The fraction of sp³-hybridized carbons (Fsp3) is 0.476. The Balaban J connectivity index is 1.35. The molecule has 4 rings (SSSR count). The Hall–Kier alpha value is -2.25. The summed E-state index contributed by atoms with van der Waals surface area (Å²) in [5.41, 5.74) is 1.97. The van der Waals surface area contributed by atoms with E-state index in [0.29, 0.717) is 18.1 Å². The van der Waals surface area contributed by atoms with Crippen molar-refractivity contribution in [2.24, 2.45) is 0 Å². The minimum Gasteiger partial charge on any atom is -0.354 e. The second-order valence-electron chi connectivity index (χ2n) is 7.42. The molecule has 1 aromatic carbocycles. The van der Waals surface area contributed by atoms with Gasteiger partial charge < -0.3 is 5.32 Å². The van der Waals surface area contributed by atoms with Crippen LogP contribution >= 0.6 is 11.3 Å². The molecule has 7 heteroatoms. The van der Waals surface area contributed by atoms with E-state index in [9.17, 15) is 9.59 Å². The highest BCUT2D eigenvalue weighted by Crippen LogP contribution is 2.26. The number of nitrogens with zero attached hydrogens (tertiary/aromatic N) is 3. The van der Waals surface area contributed by atoms with Gasteiger partial charge in [-0.2, -0.15) is 0 Å². The van der Waals surface area contributed by atoms with Crippen molar-refractivity contribution in [2.75, 3.05) is 31.1 Å². The second kappa shape index (κ2) is 8.84. The van der Waals surface area contributed by atoms with Crippen molar-refractivity contribution in [2.45, 2.75) is 38.1 Å². The molecule has 2 aromatic rings. The molecular formula is C21H26N4O2S. The molecule has 2 amide bonds. The molecule has 0 spiro atoms. The summed E-state index contributed by atoms with van der Waals surface area (Å²) in [6, 6.07) is 10.6. The summed E-state index contributed by atoms with van der Waals surface area (Å²) in [6.07, 6.45) is 4.15. The van der Waals surface area contributed by atoms with Crippen LogP contribution in [0.25, 0.3) is 0 Å². The monoisotopic (exact) mass is 398 g/mol. The van der Waals surface area contributed by atoms with Gasteiger partial charge in [-0.15, -0.1) is 11.3 Å². The van der Waals surface area contributed by atoms with Gasteiger partial charge in [-0.1, -0.05) is 30.3 Å². The molecule has 0 radical (unpaired) electrons. The number of carbonyl (C=O) groups excluding carboxylic acids is 2. The Morgan fingerprint density at radius 3 is 2.64 bits per heavy atom. The topological polar surface area (TPSA) is 65.5 Å². The first kappa shape index (κ1) is 19.1. The van der Waals surface area contributed by atoms with Gasteiger partial charge in [0.05, 0.1) is 18.2 Å². The summed E-state index contributed by atoms with van der Waals surface area (Å²) >= 11 is 1.44. The van der Waals surface area contributed by atoms with E-state index in [4.69, 9.17) is 0 Å². The quantitative estimate of drug-likeness (QED) is 0.779. The lowest BCUT2D eigenvalue weighted by atomic mass is 10.1. The van der Waals surface area contributed by atoms with E-state index < -0.39 is 0 Å². The van der Waals surface area contributed by atoms with Gasteiger partial charge in [-0.05, 0) is 37.9 Å². The van der Waals surface area contributed by atoms with Crippen molar-refractivity contribution in [3.63, 3.8) is 0 Å². The predicted molar refractivity (Wildman–Crippen MR) is 110 cm³/mol. The Morgan fingerprint density at radius 1 is 1.14 bits per heavy atom. The molecule has 3 heterocycles. The molecule has 1 atom stereocenters. The lowest BCUT2D eigenvalue weighted by molar-refractivity contribution is -0.120. The lowest BCUT2D eigenvalue weighted by Crippen LogP contribution is -2.37. The zero-order valence-electron chi connectivity index (χ0n) is 16.0. The maximum atomic E-state index is 12.5. The van der Waals surface area contributed by atoms with Crippen LogP contribution in [0.3, 0.4) is 0 Å². The largest absolute Gasteiger partial charge is 0.354 e. The Kier molecular flexibility index (Phi) is 6.02. The molecule has 0 saturated carbocycles. The average molecular weight is 399 g/mol. The molecule has 2 fully saturated rings. The zero-order chi connectivity index (χ0) is 19.3. The first-order valence-corrected chi connectivity index (χ1v) is 10.9. The minimum atomic E-state index is -0.0234. The molecule has 2 aliphatic rings. The molecule has 148 valence electrons. The summed E-state index contributed by atoms with van der Waals surface area (Å²) in [4.78, 5) is 33.0. The fourth-order valence-electron chi connectivity index (χ4n) is 3.98. The van der Waals surface area contributed by atoms with E-state index >= 15 is 0 Å². The van der Waals surface area contributed by atoms with Crippen molar-refractivity contribution in [3.05, 3.63) is 47.0 Å². The highest BCUT2D eigenvalue weighted by Gasteiger charge is 2.25. The van der Waals surface area contributed by atoms with Gasteiger partial charge in [-0.3, -0.25) is 19.4 Å². The van der Waals surface area contributed by atoms with E-state index in [1.807, 2.05) is 11.4 Å². The number of amides is 2. The summed E-state index contributed by atoms with van der Waals surface area (Å²) < 4.78 is 0. The van der Waals surface area contributed by atoms with Crippen LogP contribution in [0.2, 0.25) is 0 Å². The van der Waals surface area contributed by atoms with Gasteiger partial charge in [0.2, 0.25) is 11.8 Å². The van der Waals surface area contributed by atoms with Gasteiger partial charge in [0.25, 0.3) is 0 Å². The van der Waals surface area contributed by atoms with Crippen molar-refractivity contribution < 1.29 is 9.59 Å². The molecule has 1 aromatic heterocycles. The Bertz CT molecular complexity index is 817. The van der Waals surface area contributed by atoms with Gasteiger partial charge in [0.15, 0.2) is 5.13 Å². The van der Waals surface area contributed by atoms with Crippen LogP contribution in [0.15, 0.2) is 35.7 Å². The number of anilines is 1. The smallest absolute Gasteiger partial charge is 0.228 e. The van der Waals surface area contributed by atoms with Crippen molar-refractivity contribution >= 4 is 28.3 Å². The number of benzene rings is 1. The van der Waals surface area contributed by atoms with Crippen LogP contribution in [0.4, 0.5) is 5.13 Å². The third-order valence-corrected chi connectivity index (χ3v) is 6.36.